The highest BCUT2D eigenvalue weighted by molar-refractivity contribution is 5.81. The molecule has 0 bridgehead atoms. The molecule has 0 aliphatic carbocycles. The molecule has 90 valence electrons. The van der Waals surface area contributed by atoms with E-state index in [4.69, 9.17) is 0 Å². The predicted octanol–water partition coefficient (Wildman–Crippen LogP) is 3.21. The number of hydrogen-bond donors (Lipinski definition) is 0. The summed E-state index contributed by atoms with van der Waals surface area (Å²) in [6, 6.07) is 8.59. The Bertz CT molecular complexity index is 454. The second kappa shape index (κ2) is 3.86. The van der Waals surface area contributed by atoms with Gasteiger partial charge in [0.1, 0.15) is 0 Å². The number of benzene rings is 1. The van der Waals surface area contributed by atoms with Gasteiger partial charge in [-0.2, -0.15) is 0 Å². The third-order valence-corrected chi connectivity index (χ3v) is 4.36. The van der Waals surface area contributed by atoms with E-state index >= 15 is 0 Å². The molecule has 1 amide bonds. The first-order valence-electron chi connectivity index (χ1n) is 6.67. The number of unbranched alkanes of at least 4 members (excludes halogenated alkanes) is 1. The van der Waals surface area contributed by atoms with Crippen LogP contribution in [0.15, 0.2) is 24.3 Å². The fourth-order valence-corrected chi connectivity index (χ4v) is 3.49. The van der Waals surface area contributed by atoms with Gasteiger partial charge in [-0.15, -0.1) is 0 Å². The summed E-state index contributed by atoms with van der Waals surface area (Å²) < 4.78 is 0. The zero-order chi connectivity index (χ0) is 11.9. The van der Waals surface area contributed by atoms with Crippen LogP contribution in [0.3, 0.4) is 0 Å². The van der Waals surface area contributed by atoms with Crippen LogP contribution in [0.1, 0.15) is 50.2 Å². The molecule has 0 spiro atoms. The van der Waals surface area contributed by atoms with E-state index in [9.17, 15) is 4.79 Å². The lowest BCUT2D eigenvalue weighted by Gasteiger charge is -2.33. The number of fused-ring (bicyclic) bond motifs is 3. The van der Waals surface area contributed by atoms with Crippen LogP contribution in [0.4, 0.5) is 0 Å². The van der Waals surface area contributed by atoms with E-state index in [0.717, 1.165) is 25.8 Å². The average Bonchev–Trinajstić information content (AvgIpc) is 2.84. The van der Waals surface area contributed by atoms with E-state index in [1.165, 1.54) is 24.0 Å². The maximum Gasteiger partial charge on any atom is 0.223 e. The molecular weight excluding hydrogens is 210 g/mol. The first kappa shape index (κ1) is 10.8. The summed E-state index contributed by atoms with van der Waals surface area (Å²) in [5.74, 6) is 0.345. The third-order valence-electron chi connectivity index (χ3n) is 4.36. The van der Waals surface area contributed by atoms with Crippen molar-refractivity contribution in [3.05, 3.63) is 35.4 Å². The van der Waals surface area contributed by atoms with Gasteiger partial charge in [-0.1, -0.05) is 44.0 Å². The van der Waals surface area contributed by atoms with Crippen molar-refractivity contribution >= 4 is 5.91 Å². The summed E-state index contributed by atoms with van der Waals surface area (Å²) in [5.41, 5.74) is 2.82. The van der Waals surface area contributed by atoms with Crippen molar-refractivity contribution in [3.8, 4) is 0 Å². The molecule has 2 heterocycles. The van der Waals surface area contributed by atoms with Crippen LogP contribution in [0.25, 0.3) is 0 Å². The van der Waals surface area contributed by atoms with Gasteiger partial charge in [0.25, 0.3) is 0 Å². The molecule has 1 atom stereocenters. The van der Waals surface area contributed by atoms with Crippen LogP contribution in [0.2, 0.25) is 0 Å². The lowest BCUT2D eigenvalue weighted by molar-refractivity contribution is -0.131. The molecule has 2 heteroatoms. The standard InChI is InChI=1S/C15H19NO/c1-2-3-9-15-10-8-14(17)16(15)11-12-6-4-5-7-13(12)15/h4-7H,2-3,8-11H2,1H3. The van der Waals surface area contributed by atoms with Crippen LogP contribution in [-0.4, -0.2) is 10.8 Å². The lowest BCUT2D eigenvalue weighted by atomic mass is 9.83. The van der Waals surface area contributed by atoms with Gasteiger partial charge in [-0.3, -0.25) is 4.79 Å². The molecule has 3 rings (SSSR count). The second-order valence-electron chi connectivity index (χ2n) is 5.27. The first-order valence-corrected chi connectivity index (χ1v) is 6.67. The van der Waals surface area contributed by atoms with Crippen molar-refractivity contribution in [2.24, 2.45) is 0 Å². The summed E-state index contributed by atoms with van der Waals surface area (Å²) in [6.07, 6.45) is 5.29. The minimum absolute atomic E-state index is 0.0453. The summed E-state index contributed by atoms with van der Waals surface area (Å²) >= 11 is 0. The Balaban J connectivity index is 2.04. The molecule has 1 aromatic rings. The summed E-state index contributed by atoms with van der Waals surface area (Å²) in [6.45, 7) is 3.05. The first-order chi connectivity index (χ1) is 8.28. The Kier molecular flexibility index (Phi) is 2.46. The predicted molar refractivity (Wildman–Crippen MR) is 67.4 cm³/mol. The molecule has 1 fully saturated rings. The number of rotatable bonds is 3. The Morgan fingerprint density at radius 2 is 2.18 bits per heavy atom. The van der Waals surface area contributed by atoms with Crippen molar-refractivity contribution in [1.82, 2.24) is 4.90 Å². The number of carbonyl (C=O) groups excluding carboxylic acids is 1. The lowest BCUT2D eigenvalue weighted by Crippen LogP contribution is -2.37. The maximum atomic E-state index is 12.0. The summed E-state index contributed by atoms with van der Waals surface area (Å²) in [5, 5.41) is 0. The number of nitrogens with zero attached hydrogens (tertiary/aromatic N) is 1. The highest BCUT2D eigenvalue weighted by atomic mass is 16.2. The van der Waals surface area contributed by atoms with Crippen LogP contribution in [0.5, 0.6) is 0 Å². The minimum atomic E-state index is 0.0453. The van der Waals surface area contributed by atoms with E-state index in [-0.39, 0.29) is 5.54 Å². The molecule has 17 heavy (non-hydrogen) atoms. The van der Waals surface area contributed by atoms with Crippen LogP contribution < -0.4 is 0 Å². The topological polar surface area (TPSA) is 20.3 Å². The van der Waals surface area contributed by atoms with Crippen molar-refractivity contribution in [1.29, 1.82) is 0 Å². The monoisotopic (exact) mass is 229 g/mol. The van der Waals surface area contributed by atoms with E-state index in [2.05, 4.69) is 36.1 Å². The van der Waals surface area contributed by atoms with Gasteiger partial charge in [-0.05, 0) is 24.0 Å². The Morgan fingerprint density at radius 1 is 1.35 bits per heavy atom. The molecule has 2 nitrogen and oxygen atoms in total. The van der Waals surface area contributed by atoms with Gasteiger partial charge in [0.15, 0.2) is 0 Å². The molecule has 1 saturated heterocycles. The Hall–Kier alpha value is -1.31. The SMILES string of the molecule is CCCCC12CCC(=O)N1Cc1ccccc12. The van der Waals surface area contributed by atoms with E-state index < -0.39 is 0 Å². The number of amides is 1. The Morgan fingerprint density at radius 3 is 3.00 bits per heavy atom. The van der Waals surface area contributed by atoms with E-state index in [1.807, 2.05) is 0 Å². The fourth-order valence-electron chi connectivity index (χ4n) is 3.49. The quantitative estimate of drug-likeness (QED) is 0.779. The second-order valence-corrected chi connectivity index (χ2v) is 5.27. The number of carbonyl (C=O) groups is 1. The summed E-state index contributed by atoms with van der Waals surface area (Å²) in [4.78, 5) is 14.2. The molecule has 2 aliphatic heterocycles. The van der Waals surface area contributed by atoms with E-state index in [0.29, 0.717) is 5.91 Å². The zero-order valence-electron chi connectivity index (χ0n) is 10.4. The molecular formula is C15H19NO. The molecule has 1 aromatic carbocycles. The van der Waals surface area contributed by atoms with Gasteiger partial charge in [0, 0.05) is 13.0 Å². The van der Waals surface area contributed by atoms with Gasteiger partial charge in [-0.25, -0.2) is 0 Å². The minimum Gasteiger partial charge on any atom is -0.329 e. The molecule has 0 aromatic heterocycles. The van der Waals surface area contributed by atoms with Gasteiger partial charge in [0.05, 0.1) is 5.54 Å². The highest BCUT2D eigenvalue weighted by Gasteiger charge is 2.50. The van der Waals surface area contributed by atoms with Crippen molar-refractivity contribution < 1.29 is 4.79 Å². The van der Waals surface area contributed by atoms with Crippen LogP contribution in [0, 0.1) is 0 Å². The van der Waals surface area contributed by atoms with Crippen molar-refractivity contribution in [2.45, 2.75) is 51.1 Å². The van der Waals surface area contributed by atoms with Gasteiger partial charge >= 0.3 is 0 Å². The smallest absolute Gasteiger partial charge is 0.223 e. The van der Waals surface area contributed by atoms with E-state index in [1.54, 1.807) is 0 Å². The Labute approximate surface area is 103 Å². The zero-order valence-corrected chi connectivity index (χ0v) is 10.4. The molecule has 1 unspecified atom stereocenters. The van der Waals surface area contributed by atoms with Gasteiger partial charge in [0.2, 0.25) is 5.91 Å². The highest BCUT2D eigenvalue weighted by Crippen LogP contribution is 2.50. The average molecular weight is 229 g/mol. The summed E-state index contributed by atoms with van der Waals surface area (Å²) in [7, 11) is 0. The molecule has 0 N–H and O–H groups in total. The van der Waals surface area contributed by atoms with Crippen molar-refractivity contribution in [2.75, 3.05) is 0 Å². The molecule has 0 saturated carbocycles. The largest absolute Gasteiger partial charge is 0.329 e. The number of hydrogen-bond acceptors (Lipinski definition) is 1. The fraction of sp³-hybridized carbons (Fsp3) is 0.533. The molecule has 0 radical (unpaired) electrons. The third kappa shape index (κ3) is 1.43. The van der Waals surface area contributed by atoms with Gasteiger partial charge < -0.3 is 4.90 Å². The molecule has 2 aliphatic rings. The van der Waals surface area contributed by atoms with Crippen molar-refractivity contribution in [3.63, 3.8) is 0 Å². The van der Waals surface area contributed by atoms with Crippen LogP contribution >= 0.6 is 0 Å². The normalized spacial score (nSPS) is 26.2. The maximum absolute atomic E-state index is 12.0. The van der Waals surface area contributed by atoms with Crippen LogP contribution in [-0.2, 0) is 16.9 Å².